The molecule has 0 spiro atoms. The minimum atomic E-state index is 0.457. The number of methoxy groups -OCH3 is 3. The third kappa shape index (κ3) is 8.05. The maximum atomic E-state index is 5.19. The van der Waals surface area contributed by atoms with Gasteiger partial charge in [0.25, 0.3) is 0 Å². The minimum Gasteiger partial charge on any atom is -0.385 e. The van der Waals surface area contributed by atoms with Crippen LogP contribution in [0.5, 0.6) is 0 Å². The molecule has 0 aromatic carbocycles. The molecule has 0 N–H and O–H groups in total. The van der Waals surface area contributed by atoms with Crippen molar-refractivity contribution in [3.63, 3.8) is 0 Å². The Bertz CT molecular complexity index is 134. The van der Waals surface area contributed by atoms with Crippen LogP contribution in [0, 0.1) is 0 Å². The fourth-order valence-electron chi connectivity index (χ4n) is 1.72. The molecule has 0 saturated heterocycles. The fraction of sp³-hybridized carbons (Fsp3) is 1.00. The van der Waals surface area contributed by atoms with Gasteiger partial charge in [0.05, 0.1) is 6.61 Å². The Balaban J connectivity index is 3.84. The first-order valence-electron chi connectivity index (χ1n) is 5.97. The summed E-state index contributed by atoms with van der Waals surface area (Å²) in [6.07, 6.45) is 2.13. The van der Waals surface area contributed by atoms with Gasteiger partial charge in [-0.15, -0.1) is 0 Å². The number of rotatable bonds is 11. The fourth-order valence-corrected chi connectivity index (χ4v) is 1.72. The molecule has 0 aliphatic carbocycles. The van der Waals surface area contributed by atoms with Gasteiger partial charge < -0.3 is 14.2 Å². The van der Waals surface area contributed by atoms with Crippen molar-refractivity contribution in [3.8, 4) is 0 Å². The van der Waals surface area contributed by atoms with E-state index in [1.807, 2.05) is 0 Å². The van der Waals surface area contributed by atoms with Crippen LogP contribution in [-0.4, -0.2) is 65.2 Å². The molecule has 0 heterocycles. The molecule has 1 unspecified atom stereocenters. The summed E-state index contributed by atoms with van der Waals surface area (Å²) in [6.45, 7) is 6.73. The Hall–Kier alpha value is -0.160. The van der Waals surface area contributed by atoms with Crippen LogP contribution in [0.15, 0.2) is 0 Å². The first kappa shape index (κ1) is 15.8. The molecule has 0 amide bonds. The van der Waals surface area contributed by atoms with E-state index in [0.29, 0.717) is 6.04 Å². The van der Waals surface area contributed by atoms with Crippen LogP contribution in [-0.2, 0) is 14.2 Å². The van der Waals surface area contributed by atoms with Crippen molar-refractivity contribution in [3.05, 3.63) is 0 Å². The zero-order valence-corrected chi connectivity index (χ0v) is 11.2. The predicted octanol–water partition coefficient (Wildman–Crippen LogP) is 1.40. The highest BCUT2D eigenvalue weighted by Gasteiger charge is 2.12. The second kappa shape index (κ2) is 11.3. The van der Waals surface area contributed by atoms with E-state index in [4.69, 9.17) is 14.2 Å². The lowest BCUT2D eigenvalue weighted by molar-refractivity contribution is 0.0819. The summed E-state index contributed by atoms with van der Waals surface area (Å²) >= 11 is 0. The average molecular weight is 233 g/mol. The molecular weight excluding hydrogens is 206 g/mol. The van der Waals surface area contributed by atoms with E-state index in [2.05, 4.69) is 11.8 Å². The molecule has 0 saturated carbocycles. The summed E-state index contributed by atoms with van der Waals surface area (Å²) in [5, 5.41) is 0. The summed E-state index contributed by atoms with van der Waals surface area (Å²) in [5.74, 6) is 0. The van der Waals surface area contributed by atoms with Crippen LogP contribution in [0.3, 0.4) is 0 Å². The highest BCUT2D eigenvalue weighted by atomic mass is 16.5. The van der Waals surface area contributed by atoms with Gasteiger partial charge in [-0.1, -0.05) is 0 Å². The molecule has 16 heavy (non-hydrogen) atoms. The molecular formula is C12H27NO3. The quantitative estimate of drug-likeness (QED) is 0.505. The van der Waals surface area contributed by atoms with Crippen LogP contribution in [0.2, 0.25) is 0 Å². The van der Waals surface area contributed by atoms with Crippen molar-refractivity contribution in [1.29, 1.82) is 0 Å². The smallest absolute Gasteiger partial charge is 0.0615 e. The van der Waals surface area contributed by atoms with Crippen LogP contribution >= 0.6 is 0 Å². The predicted molar refractivity (Wildman–Crippen MR) is 65.9 cm³/mol. The molecule has 0 aliphatic heterocycles. The van der Waals surface area contributed by atoms with E-state index in [-0.39, 0.29) is 0 Å². The van der Waals surface area contributed by atoms with E-state index in [9.17, 15) is 0 Å². The van der Waals surface area contributed by atoms with E-state index in [1.54, 1.807) is 21.3 Å². The van der Waals surface area contributed by atoms with Crippen LogP contribution in [0.4, 0.5) is 0 Å². The van der Waals surface area contributed by atoms with Gasteiger partial charge in [0.2, 0.25) is 0 Å². The Morgan fingerprint density at radius 3 is 1.75 bits per heavy atom. The van der Waals surface area contributed by atoms with E-state index >= 15 is 0 Å². The molecule has 0 rings (SSSR count). The van der Waals surface area contributed by atoms with Gasteiger partial charge in [-0.3, -0.25) is 4.90 Å². The second-order valence-corrected chi connectivity index (χ2v) is 4.03. The van der Waals surface area contributed by atoms with Crippen LogP contribution in [0.1, 0.15) is 19.8 Å². The van der Waals surface area contributed by atoms with Gasteiger partial charge in [0.1, 0.15) is 0 Å². The Morgan fingerprint density at radius 1 is 0.875 bits per heavy atom. The van der Waals surface area contributed by atoms with Crippen molar-refractivity contribution in [2.75, 3.05) is 54.2 Å². The summed E-state index contributed by atoms with van der Waals surface area (Å²) < 4.78 is 15.3. The maximum absolute atomic E-state index is 5.19. The molecule has 4 nitrogen and oxygen atoms in total. The average Bonchev–Trinajstić information content (AvgIpc) is 2.28. The molecule has 4 heteroatoms. The van der Waals surface area contributed by atoms with Gasteiger partial charge in [-0.2, -0.15) is 0 Å². The van der Waals surface area contributed by atoms with Gasteiger partial charge in [-0.25, -0.2) is 0 Å². The molecule has 0 aliphatic rings. The molecule has 0 aromatic heterocycles. The SMILES string of the molecule is COCCCN(CCCOC)C(C)COC. The third-order valence-electron chi connectivity index (χ3n) is 2.62. The van der Waals surface area contributed by atoms with Crippen molar-refractivity contribution >= 4 is 0 Å². The minimum absolute atomic E-state index is 0.457. The zero-order chi connectivity index (χ0) is 12.2. The molecule has 1 atom stereocenters. The molecule has 0 bridgehead atoms. The first-order chi connectivity index (χ1) is 7.76. The van der Waals surface area contributed by atoms with Crippen molar-refractivity contribution in [2.45, 2.75) is 25.8 Å². The topological polar surface area (TPSA) is 30.9 Å². The van der Waals surface area contributed by atoms with Gasteiger partial charge in [-0.05, 0) is 19.8 Å². The lowest BCUT2D eigenvalue weighted by atomic mass is 10.2. The molecule has 0 aromatic rings. The van der Waals surface area contributed by atoms with Crippen molar-refractivity contribution < 1.29 is 14.2 Å². The first-order valence-corrected chi connectivity index (χ1v) is 5.97. The standard InChI is InChI=1S/C12H27NO3/c1-12(11-16-4)13(7-5-9-14-2)8-6-10-15-3/h12H,5-11H2,1-4H3. The molecule has 98 valence electrons. The number of hydrogen-bond acceptors (Lipinski definition) is 4. The maximum Gasteiger partial charge on any atom is 0.0615 e. The van der Waals surface area contributed by atoms with Crippen molar-refractivity contribution in [1.82, 2.24) is 4.90 Å². The summed E-state index contributed by atoms with van der Waals surface area (Å²) in [4.78, 5) is 2.43. The molecule has 0 radical (unpaired) electrons. The highest BCUT2D eigenvalue weighted by Crippen LogP contribution is 2.03. The van der Waals surface area contributed by atoms with Crippen molar-refractivity contribution in [2.24, 2.45) is 0 Å². The lowest BCUT2D eigenvalue weighted by Gasteiger charge is -2.28. The van der Waals surface area contributed by atoms with E-state index in [0.717, 1.165) is 45.8 Å². The number of ether oxygens (including phenoxy) is 3. The molecule has 0 fully saturated rings. The summed E-state index contributed by atoms with van der Waals surface area (Å²) in [7, 11) is 5.24. The summed E-state index contributed by atoms with van der Waals surface area (Å²) in [6, 6.07) is 0.457. The number of hydrogen-bond donors (Lipinski definition) is 0. The largest absolute Gasteiger partial charge is 0.385 e. The highest BCUT2D eigenvalue weighted by molar-refractivity contribution is 4.66. The van der Waals surface area contributed by atoms with Crippen LogP contribution < -0.4 is 0 Å². The number of nitrogens with zero attached hydrogens (tertiary/aromatic N) is 1. The lowest BCUT2D eigenvalue weighted by Crippen LogP contribution is -2.38. The van der Waals surface area contributed by atoms with Gasteiger partial charge in [0, 0.05) is 53.7 Å². The second-order valence-electron chi connectivity index (χ2n) is 4.03. The zero-order valence-electron chi connectivity index (χ0n) is 11.2. The van der Waals surface area contributed by atoms with Crippen LogP contribution in [0.25, 0.3) is 0 Å². The van der Waals surface area contributed by atoms with Gasteiger partial charge >= 0.3 is 0 Å². The summed E-state index contributed by atoms with van der Waals surface area (Å²) in [5.41, 5.74) is 0. The Morgan fingerprint density at radius 2 is 1.38 bits per heavy atom. The Labute approximate surface area is 99.9 Å². The van der Waals surface area contributed by atoms with E-state index in [1.165, 1.54) is 0 Å². The monoisotopic (exact) mass is 233 g/mol. The van der Waals surface area contributed by atoms with E-state index < -0.39 is 0 Å². The van der Waals surface area contributed by atoms with Gasteiger partial charge in [0.15, 0.2) is 0 Å². The normalized spacial score (nSPS) is 13.3. The Kier molecular flexibility index (Phi) is 11.2. The third-order valence-corrected chi connectivity index (χ3v) is 2.62.